The van der Waals surface area contributed by atoms with Crippen molar-refractivity contribution in [3.05, 3.63) is 22.2 Å². The Morgan fingerprint density at radius 3 is 2.81 bits per heavy atom. The van der Waals surface area contributed by atoms with E-state index in [2.05, 4.69) is 10.2 Å². The van der Waals surface area contributed by atoms with Gasteiger partial charge in [-0.15, -0.1) is 0 Å². The number of benzene rings is 1. The quantitative estimate of drug-likeness (QED) is 0.665. The van der Waals surface area contributed by atoms with E-state index in [4.69, 9.17) is 22.1 Å². The van der Waals surface area contributed by atoms with Crippen LogP contribution in [0.15, 0.2) is 6.07 Å². The number of nitrogens with one attached hydrogen (secondary N) is 1. The first-order valence-electron chi connectivity index (χ1n) is 9.71. The van der Waals surface area contributed by atoms with Gasteiger partial charge in [-0.25, -0.2) is 0 Å². The first-order valence-corrected chi connectivity index (χ1v) is 10.1. The van der Waals surface area contributed by atoms with Crippen LogP contribution in [0, 0.1) is 17.8 Å². The molecule has 1 saturated heterocycles. The zero-order valence-corrected chi connectivity index (χ0v) is 16.7. The molecule has 6 nitrogen and oxygen atoms in total. The summed E-state index contributed by atoms with van der Waals surface area (Å²) in [7, 11) is 0. The lowest BCUT2D eigenvalue weighted by molar-refractivity contribution is 0.0389. The zero-order chi connectivity index (χ0) is 19.3. The van der Waals surface area contributed by atoms with Gasteiger partial charge in [-0.3, -0.25) is 9.69 Å². The lowest BCUT2D eigenvalue weighted by Crippen LogP contribution is -2.39. The van der Waals surface area contributed by atoms with Crippen molar-refractivity contribution in [2.75, 3.05) is 38.5 Å². The number of rotatable bonds is 5. The topological polar surface area (TPSA) is 87.8 Å². The van der Waals surface area contributed by atoms with E-state index in [-0.39, 0.29) is 5.91 Å². The minimum atomic E-state index is -0.659. The van der Waals surface area contributed by atoms with Crippen molar-refractivity contribution < 1.29 is 14.6 Å². The van der Waals surface area contributed by atoms with E-state index >= 15 is 0 Å². The molecule has 4 rings (SSSR count). The highest BCUT2D eigenvalue weighted by Crippen LogP contribution is 2.51. The van der Waals surface area contributed by atoms with E-state index in [1.54, 1.807) is 6.07 Å². The molecule has 148 valence electrons. The van der Waals surface area contributed by atoms with E-state index < -0.39 is 5.60 Å². The van der Waals surface area contributed by atoms with Crippen molar-refractivity contribution >= 4 is 23.2 Å². The third-order valence-corrected chi connectivity index (χ3v) is 6.30. The molecule has 2 aliphatic heterocycles. The number of β-amino-alcohol motifs (C(OH)–C–C–N with tert-alkyl or cyclic N) is 1. The van der Waals surface area contributed by atoms with E-state index in [9.17, 15) is 9.90 Å². The van der Waals surface area contributed by atoms with E-state index in [0.717, 1.165) is 31.5 Å². The molecule has 4 N–H and O–H groups in total. The number of fused-ring (bicyclic) bond motifs is 2. The monoisotopic (exact) mass is 393 g/mol. The second-order valence-electron chi connectivity index (χ2n) is 8.79. The van der Waals surface area contributed by atoms with Crippen molar-refractivity contribution in [1.82, 2.24) is 10.2 Å². The second kappa shape index (κ2) is 6.83. The highest BCUT2D eigenvalue weighted by Gasteiger charge is 2.55. The first kappa shape index (κ1) is 18.8. The van der Waals surface area contributed by atoms with Crippen LogP contribution in [0.2, 0.25) is 5.02 Å². The van der Waals surface area contributed by atoms with Crippen LogP contribution in [-0.4, -0.2) is 54.3 Å². The maximum atomic E-state index is 12.8. The molecule has 1 saturated carbocycles. The Balaban J connectivity index is 1.35. The van der Waals surface area contributed by atoms with Crippen LogP contribution in [0.5, 0.6) is 5.75 Å². The lowest BCUT2D eigenvalue weighted by Gasteiger charge is -2.27. The summed E-state index contributed by atoms with van der Waals surface area (Å²) in [6.07, 6.45) is 1.66. The Bertz CT molecular complexity index is 750. The summed E-state index contributed by atoms with van der Waals surface area (Å²) in [6.45, 7) is 7.65. The van der Waals surface area contributed by atoms with Crippen molar-refractivity contribution in [2.45, 2.75) is 32.3 Å². The average molecular weight is 394 g/mol. The molecule has 3 aliphatic rings. The molecular formula is C20H28ClN3O3. The van der Waals surface area contributed by atoms with Gasteiger partial charge in [0.1, 0.15) is 5.75 Å². The van der Waals surface area contributed by atoms with Crippen LogP contribution in [0.1, 0.15) is 36.2 Å². The molecule has 0 bridgehead atoms. The molecule has 2 atom stereocenters. The molecule has 0 spiro atoms. The van der Waals surface area contributed by atoms with E-state index in [0.29, 0.717) is 59.5 Å². The molecule has 0 radical (unpaired) electrons. The second-order valence-corrected chi connectivity index (χ2v) is 9.19. The fourth-order valence-electron chi connectivity index (χ4n) is 4.73. The molecule has 27 heavy (non-hydrogen) atoms. The number of nitrogens with two attached hydrogens (primary N) is 1. The fraction of sp³-hybridized carbons (Fsp3) is 0.650. The maximum absolute atomic E-state index is 12.8. The molecular weight excluding hydrogens is 366 g/mol. The number of carbonyl (C=O) groups excluding carboxylic acids is 1. The smallest absolute Gasteiger partial charge is 0.255 e. The fourth-order valence-corrected chi connectivity index (χ4v) is 4.95. The maximum Gasteiger partial charge on any atom is 0.255 e. The minimum absolute atomic E-state index is 0.145. The van der Waals surface area contributed by atoms with Gasteiger partial charge in [0.2, 0.25) is 0 Å². The number of piperidine rings is 1. The first-order chi connectivity index (χ1) is 12.7. The number of likely N-dealkylation sites (tertiary alicyclic amines) is 1. The Morgan fingerprint density at radius 1 is 1.44 bits per heavy atom. The summed E-state index contributed by atoms with van der Waals surface area (Å²) >= 11 is 6.23. The molecule has 1 amide bonds. The van der Waals surface area contributed by atoms with Gasteiger partial charge >= 0.3 is 0 Å². The number of aliphatic hydroxyl groups is 1. The highest BCUT2D eigenvalue weighted by atomic mass is 35.5. The Kier molecular flexibility index (Phi) is 4.77. The van der Waals surface area contributed by atoms with Gasteiger partial charge in [0.15, 0.2) is 0 Å². The SMILES string of the molecule is CC(C)(O)CN1CC2C(CNC(=O)c3cc(Cl)c(N)c4c3OCCC4)C2C1. The third-order valence-electron chi connectivity index (χ3n) is 5.99. The Labute approximate surface area is 165 Å². The number of hydrogen-bond donors (Lipinski definition) is 3. The van der Waals surface area contributed by atoms with Crippen LogP contribution in [-0.2, 0) is 6.42 Å². The molecule has 1 aromatic rings. The number of amides is 1. The predicted molar refractivity (Wildman–Crippen MR) is 105 cm³/mol. The van der Waals surface area contributed by atoms with Gasteiger partial charge in [-0.2, -0.15) is 0 Å². The summed E-state index contributed by atoms with van der Waals surface area (Å²) in [5, 5.41) is 13.4. The van der Waals surface area contributed by atoms with Gasteiger partial charge in [-0.05, 0) is 50.5 Å². The molecule has 1 aromatic carbocycles. The molecule has 2 unspecified atom stereocenters. The third kappa shape index (κ3) is 3.75. The largest absolute Gasteiger partial charge is 0.492 e. The zero-order valence-electron chi connectivity index (χ0n) is 15.9. The molecule has 0 aromatic heterocycles. The summed E-state index contributed by atoms with van der Waals surface area (Å²) in [5.41, 5.74) is 7.25. The van der Waals surface area contributed by atoms with Gasteiger partial charge in [-0.1, -0.05) is 11.6 Å². The van der Waals surface area contributed by atoms with Crippen molar-refractivity contribution in [3.8, 4) is 5.75 Å². The van der Waals surface area contributed by atoms with Crippen LogP contribution in [0.25, 0.3) is 0 Å². The van der Waals surface area contributed by atoms with Gasteiger partial charge in [0.05, 0.1) is 28.5 Å². The Hall–Kier alpha value is -1.50. The van der Waals surface area contributed by atoms with Crippen molar-refractivity contribution in [3.63, 3.8) is 0 Å². The number of anilines is 1. The average Bonchev–Trinajstić information content (AvgIpc) is 3.06. The number of nitrogens with zero attached hydrogens (tertiary/aromatic N) is 1. The van der Waals surface area contributed by atoms with Crippen LogP contribution < -0.4 is 15.8 Å². The van der Waals surface area contributed by atoms with Gasteiger partial charge in [0, 0.05) is 31.7 Å². The molecule has 2 fully saturated rings. The molecule has 1 aliphatic carbocycles. The predicted octanol–water partition coefficient (Wildman–Crippen LogP) is 1.93. The number of ether oxygens (including phenoxy) is 1. The van der Waals surface area contributed by atoms with Crippen LogP contribution in [0.4, 0.5) is 5.69 Å². The number of carbonyl (C=O) groups is 1. The lowest BCUT2D eigenvalue weighted by atomic mass is 9.99. The van der Waals surface area contributed by atoms with Crippen molar-refractivity contribution in [2.24, 2.45) is 17.8 Å². The molecule has 7 heteroatoms. The van der Waals surface area contributed by atoms with Crippen LogP contribution >= 0.6 is 11.6 Å². The minimum Gasteiger partial charge on any atom is -0.492 e. The van der Waals surface area contributed by atoms with Gasteiger partial charge in [0.25, 0.3) is 5.91 Å². The summed E-state index contributed by atoms with van der Waals surface area (Å²) < 4.78 is 5.74. The normalized spacial score (nSPS) is 26.9. The highest BCUT2D eigenvalue weighted by molar-refractivity contribution is 6.33. The van der Waals surface area contributed by atoms with Crippen molar-refractivity contribution in [1.29, 1.82) is 0 Å². The Morgan fingerprint density at radius 2 is 2.15 bits per heavy atom. The molecule has 2 heterocycles. The van der Waals surface area contributed by atoms with Crippen LogP contribution in [0.3, 0.4) is 0 Å². The summed E-state index contributed by atoms with van der Waals surface area (Å²) in [4.78, 5) is 15.1. The number of nitrogen functional groups attached to an aromatic ring is 1. The summed E-state index contributed by atoms with van der Waals surface area (Å²) in [6, 6.07) is 1.62. The summed E-state index contributed by atoms with van der Waals surface area (Å²) in [5.74, 6) is 2.20. The number of hydrogen-bond acceptors (Lipinski definition) is 5. The van der Waals surface area contributed by atoms with E-state index in [1.165, 1.54) is 0 Å². The van der Waals surface area contributed by atoms with E-state index in [1.807, 2.05) is 13.8 Å². The van der Waals surface area contributed by atoms with Gasteiger partial charge < -0.3 is 20.9 Å². The standard InChI is InChI=1S/C20H28ClN3O3/c1-20(2,26)10-24-8-14-13(15(14)9-24)7-23-19(25)12-6-16(21)17(22)11-4-3-5-27-18(11)12/h6,13-15,26H,3-5,7-10,22H2,1-2H3,(H,23,25). The number of halogens is 1.